The fraction of sp³-hybridized carbons (Fsp3) is 0.250. The molecule has 34 heavy (non-hydrogen) atoms. The third kappa shape index (κ3) is 5.41. The molecule has 0 radical (unpaired) electrons. The number of aromatic nitrogens is 3. The maximum Gasteiger partial charge on any atom is 0.291 e. The van der Waals surface area contributed by atoms with Crippen LogP contribution in [0.4, 0.5) is 0 Å². The first-order chi connectivity index (χ1) is 16.7. The van der Waals surface area contributed by atoms with E-state index in [0.29, 0.717) is 6.42 Å². The van der Waals surface area contributed by atoms with Crippen molar-refractivity contribution in [2.45, 2.75) is 31.8 Å². The van der Waals surface area contributed by atoms with Crippen molar-refractivity contribution < 1.29 is 4.79 Å². The smallest absolute Gasteiger partial charge is 0.291 e. The molecule has 2 heterocycles. The summed E-state index contributed by atoms with van der Waals surface area (Å²) in [7, 11) is 0. The Balaban J connectivity index is 1.26. The van der Waals surface area contributed by atoms with Crippen LogP contribution in [0.25, 0.3) is 5.69 Å². The second-order valence-electron chi connectivity index (χ2n) is 8.77. The largest absolute Gasteiger partial charge is 0.346 e. The van der Waals surface area contributed by atoms with E-state index >= 15 is 0 Å². The summed E-state index contributed by atoms with van der Waals surface area (Å²) in [4.78, 5) is 20.2. The van der Waals surface area contributed by atoms with Gasteiger partial charge in [-0.1, -0.05) is 78.9 Å². The number of hydrogen-bond donors (Lipinski definition) is 1. The van der Waals surface area contributed by atoms with E-state index < -0.39 is 0 Å². The lowest BCUT2D eigenvalue weighted by Crippen LogP contribution is -2.44. The second-order valence-corrected chi connectivity index (χ2v) is 8.77. The van der Waals surface area contributed by atoms with Crippen molar-refractivity contribution in [3.8, 4) is 5.69 Å². The summed E-state index contributed by atoms with van der Waals surface area (Å²) in [5, 5.41) is 7.77. The third-order valence-corrected chi connectivity index (χ3v) is 6.25. The van der Waals surface area contributed by atoms with Gasteiger partial charge < -0.3 is 5.32 Å². The Labute approximate surface area is 200 Å². The van der Waals surface area contributed by atoms with Crippen LogP contribution in [0.5, 0.6) is 0 Å². The van der Waals surface area contributed by atoms with Crippen LogP contribution in [0.15, 0.2) is 91.0 Å². The summed E-state index contributed by atoms with van der Waals surface area (Å²) in [5.41, 5.74) is 3.35. The zero-order valence-corrected chi connectivity index (χ0v) is 19.2. The second kappa shape index (κ2) is 10.4. The molecule has 0 saturated carbocycles. The van der Waals surface area contributed by atoms with Crippen LogP contribution in [-0.4, -0.2) is 44.7 Å². The van der Waals surface area contributed by atoms with Gasteiger partial charge in [0.1, 0.15) is 5.82 Å². The lowest BCUT2D eigenvalue weighted by molar-refractivity contribution is 0.0898. The van der Waals surface area contributed by atoms with Crippen molar-refractivity contribution in [2.24, 2.45) is 0 Å². The fourth-order valence-electron chi connectivity index (χ4n) is 4.44. The Morgan fingerprint density at radius 3 is 2.06 bits per heavy atom. The number of amides is 1. The lowest BCUT2D eigenvalue weighted by atomic mass is 10.0. The molecule has 1 aliphatic heterocycles. The first-order valence-electron chi connectivity index (χ1n) is 11.9. The van der Waals surface area contributed by atoms with Crippen LogP contribution in [0.3, 0.4) is 0 Å². The lowest BCUT2D eigenvalue weighted by Gasteiger charge is -2.32. The molecule has 6 heteroatoms. The zero-order valence-electron chi connectivity index (χ0n) is 19.2. The molecule has 172 valence electrons. The summed E-state index contributed by atoms with van der Waals surface area (Å²) in [5.74, 6) is 0.771. The van der Waals surface area contributed by atoms with E-state index in [1.54, 1.807) is 4.68 Å². The van der Waals surface area contributed by atoms with Crippen LogP contribution in [0.2, 0.25) is 0 Å². The van der Waals surface area contributed by atoms with Crippen LogP contribution in [0.1, 0.15) is 40.4 Å². The number of carbonyl (C=O) groups is 1. The fourth-order valence-corrected chi connectivity index (χ4v) is 4.44. The number of nitrogens with zero attached hydrogens (tertiary/aromatic N) is 4. The van der Waals surface area contributed by atoms with Gasteiger partial charge in [0.15, 0.2) is 0 Å². The molecule has 6 nitrogen and oxygen atoms in total. The molecule has 1 saturated heterocycles. The molecule has 1 amide bonds. The molecule has 1 aromatic heterocycles. The number of hydrogen-bond acceptors (Lipinski definition) is 4. The summed E-state index contributed by atoms with van der Waals surface area (Å²) < 4.78 is 1.78. The van der Waals surface area contributed by atoms with E-state index in [9.17, 15) is 4.79 Å². The highest BCUT2D eigenvalue weighted by Gasteiger charge is 2.24. The van der Waals surface area contributed by atoms with Crippen molar-refractivity contribution in [1.82, 2.24) is 25.0 Å². The molecule has 1 N–H and O–H groups in total. The monoisotopic (exact) mass is 451 g/mol. The molecule has 0 unspecified atom stereocenters. The quantitative estimate of drug-likeness (QED) is 0.456. The van der Waals surface area contributed by atoms with Gasteiger partial charge in [-0.25, -0.2) is 9.67 Å². The Morgan fingerprint density at radius 2 is 1.41 bits per heavy atom. The highest BCUT2D eigenvalue weighted by atomic mass is 16.2. The molecule has 5 rings (SSSR count). The van der Waals surface area contributed by atoms with Gasteiger partial charge in [0, 0.05) is 32.1 Å². The number of nitrogens with one attached hydrogen (secondary N) is 1. The Morgan fingerprint density at radius 1 is 0.824 bits per heavy atom. The van der Waals surface area contributed by atoms with E-state index in [0.717, 1.165) is 49.6 Å². The van der Waals surface area contributed by atoms with E-state index in [1.165, 1.54) is 5.56 Å². The summed E-state index contributed by atoms with van der Waals surface area (Å²) >= 11 is 0. The van der Waals surface area contributed by atoms with Crippen molar-refractivity contribution >= 4 is 5.91 Å². The molecular formula is C28H29N5O. The number of para-hydroxylation sites is 1. The van der Waals surface area contributed by atoms with Gasteiger partial charge in [0.05, 0.1) is 5.69 Å². The molecule has 0 atom stereocenters. The highest BCUT2D eigenvalue weighted by Crippen LogP contribution is 2.16. The van der Waals surface area contributed by atoms with Crippen LogP contribution >= 0.6 is 0 Å². The minimum Gasteiger partial charge on any atom is -0.346 e. The van der Waals surface area contributed by atoms with Gasteiger partial charge >= 0.3 is 0 Å². The van der Waals surface area contributed by atoms with Crippen LogP contribution in [-0.2, 0) is 13.0 Å². The zero-order chi connectivity index (χ0) is 23.2. The van der Waals surface area contributed by atoms with Gasteiger partial charge in [-0.3, -0.25) is 9.69 Å². The van der Waals surface area contributed by atoms with Crippen molar-refractivity contribution in [2.75, 3.05) is 13.1 Å². The van der Waals surface area contributed by atoms with Crippen molar-refractivity contribution in [3.05, 3.63) is 114 Å². The maximum absolute atomic E-state index is 13.1. The van der Waals surface area contributed by atoms with E-state index in [-0.39, 0.29) is 17.8 Å². The van der Waals surface area contributed by atoms with E-state index in [1.807, 2.05) is 54.6 Å². The molecular weight excluding hydrogens is 422 g/mol. The summed E-state index contributed by atoms with van der Waals surface area (Å²) in [6.45, 7) is 2.88. The van der Waals surface area contributed by atoms with Gasteiger partial charge in [0.2, 0.25) is 5.82 Å². The summed E-state index contributed by atoms with van der Waals surface area (Å²) in [6, 6.07) is 30.7. The number of benzene rings is 3. The molecule has 3 aromatic carbocycles. The number of rotatable bonds is 7. The molecule has 0 spiro atoms. The molecule has 1 aliphatic rings. The predicted molar refractivity (Wildman–Crippen MR) is 133 cm³/mol. The Bertz CT molecular complexity index is 1200. The third-order valence-electron chi connectivity index (χ3n) is 6.25. The maximum atomic E-state index is 13.1. The van der Waals surface area contributed by atoms with Crippen molar-refractivity contribution in [1.29, 1.82) is 0 Å². The minimum atomic E-state index is -0.203. The van der Waals surface area contributed by atoms with Gasteiger partial charge in [-0.15, -0.1) is 5.10 Å². The predicted octanol–water partition coefficient (Wildman–Crippen LogP) is 4.25. The van der Waals surface area contributed by atoms with Gasteiger partial charge in [-0.05, 0) is 36.1 Å². The SMILES string of the molecule is O=C(NC1CCN(Cc2ccccc2)CC1)c1nc(Cc2ccccc2)n(-c2ccccc2)n1. The number of likely N-dealkylation sites (tertiary alicyclic amines) is 1. The number of piperidine rings is 1. The summed E-state index contributed by atoms with van der Waals surface area (Å²) in [6.07, 6.45) is 2.46. The van der Waals surface area contributed by atoms with E-state index in [4.69, 9.17) is 0 Å². The topological polar surface area (TPSA) is 63.1 Å². The standard InChI is InChI=1S/C28H29N5O/c34-28(29-24-16-18-32(19-17-24)21-23-12-6-2-7-13-23)27-30-26(20-22-10-4-1-5-11-22)33(31-27)25-14-8-3-9-15-25/h1-15,24H,16-21H2,(H,29,34). The molecule has 0 aliphatic carbocycles. The molecule has 0 bridgehead atoms. The first-order valence-corrected chi connectivity index (χ1v) is 11.9. The first kappa shape index (κ1) is 22.0. The number of carbonyl (C=O) groups excluding carboxylic acids is 1. The van der Waals surface area contributed by atoms with Gasteiger partial charge in [0.25, 0.3) is 5.91 Å². The van der Waals surface area contributed by atoms with Crippen molar-refractivity contribution in [3.63, 3.8) is 0 Å². The molecule has 4 aromatic rings. The minimum absolute atomic E-state index is 0.140. The van der Waals surface area contributed by atoms with Gasteiger partial charge in [-0.2, -0.15) is 0 Å². The molecule has 1 fully saturated rings. The Kier molecular flexibility index (Phi) is 6.77. The normalized spacial score (nSPS) is 14.7. The van der Waals surface area contributed by atoms with Crippen LogP contribution < -0.4 is 5.32 Å². The van der Waals surface area contributed by atoms with E-state index in [2.05, 4.69) is 56.7 Å². The van der Waals surface area contributed by atoms with Crippen LogP contribution in [0, 0.1) is 0 Å². The highest BCUT2D eigenvalue weighted by molar-refractivity contribution is 5.90. The Hall–Kier alpha value is -3.77. The average Bonchev–Trinajstić information content (AvgIpc) is 3.31. The average molecular weight is 452 g/mol.